The molecule has 8 nitrogen and oxygen atoms in total. The lowest BCUT2D eigenvalue weighted by atomic mass is 10.3. The van der Waals surface area contributed by atoms with E-state index >= 15 is 0 Å². The van der Waals surface area contributed by atoms with Crippen LogP contribution in [-0.2, 0) is 10.0 Å². The van der Waals surface area contributed by atoms with Crippen molar-refractivity contribution in [1.82, 2.24) is 9.21 Å². The second-order valence-electron chi connectivity index (χ2n) is 5.59. The summed E-state index contributed by atoms with van der Waals surface area (Å²) in [6.07, 6.45) is 0. The van der Waals surface area contributed by atoms with Gasteiger partial charge in [0, 0.05) is 31.1 Å². The number of hydrogen-bond donors (Lipinski definition) is 1. The van der Waals surface area contributed by atoms with Gasteiger partial charge in [0.2, 0.25) is 5.09 Å². The molecule has 3 rings (SSSR count). The Hall–Kier alpha value is -2.17. The summed E-state index contributed by atoms with van der Waals surface area (Å²) in [4.78, 5) is 26.8. The summed E-state index contributed by atoms with van der Waals surface area (Å²) in [5, 5.41) is -0.324. The third-order valence-electron chi connectivity index (χ3n) is 3.90. The molecule has 0 atom stereocenters. The number of nitrogens with two attached hydrogens (primary N) is 1. The second-order valence-corrected chi connectivity index (χ2v) is 8.75. The molecule has 0 aliphatic carbocycles. The minimum Gasteiger partial charge on any atom is -0.438 e. The first kappa shape index (κ1) is 17.6. The standard InChI is InChI=1S/C15H17N3O5S2/c1-10-2-4-12(24-10)15(20)17-6-8-18(9-7-17)25(21,22)13-5-3-11(23-13)14(16)19/h2-5H,6-9H2,1H3,(H2,16,19). The van der Waals surface area contributed by atoms with Crippen LogP contribution in [0.5, 0.6) is 0 Å². The number of hydrogen-bond acceptors (Lipinski definition) is 6. The number of piperazine rings is 1. The molecule has 2 aromatic heterocycles. The van der Waals surface area contributed by atoms with Gasteiger partial charge in [-0.25, -0.2) is 8.42 Å². The number of thiophene rings is 1. The molecule has 1 fully saturated rings. The Morgan fingerprint density at radius 1 is 1.12 bits per heavy atom. The largest absolute Gasteiger partial charge is 0.438 e. The number of nitrogens with zero attached hydrogens (tertiary/aromatic N) is 2. The Labute approximate surface area is 148 Å². The molecular weight excluding hydrogens is 366 g/mol. The van der Waals surface area contributed by atoms with Crippen LogP contribution in [0.4, 0.5) is 0 Å². The molecule has 2 amide bonds. The number of furan rings is 1. The SMILES string of the molecule is Cc1ccc(C(=O)N2CCN(S(=O)(=O)c3ccc(C(N)=O)o3)CC2)s1. The minimum absolute atomic E-state index is 0.0934. The zero-order chi connectivity index (χ0) is 18.2. The lowest BCUT2D eigenvalue weighted by molar-refractivity contribution is 0.0701. The first-order valence-electron chi connectivity index (χ1n) is 7.54. The Bertz CT molecular complexity index is 907. The quantitative estimate of drug-likeness (QED) is 0.842. The molecule has 2 N–H and O–H groups in total. The van der Waals surface area contributed by atoms with Crippen molar-refractivity contribution in [3.05, 3.63) is 39.8 Å². The Balaban J connectivity index is 1.68. The number of amides is 2. The first-order chi connectivity index (χ1) is 11.8. The molecule has 25 heavy (non-hydrogen) atoms. The minimum atomic E-state index is -3.86. The van der Waals surface area contributed by atoms with E-state index in [1.165, 1.54) is 27.8 Å². The normalized spacial score (nSPS) is 16.1. The van der Waals surface area contributed by atoms with E-state index in [2.05, 4.69) is 0 Å². The van der Waals surface area contributed by atoms with Gasteiger partial charge in [-0.1, -0.05) is 0 Å². The average molecular weight is 383 g/mol. The fourth-order valence-electron chi connectivity index (χ4n) is 2.56. The van der Waals surface area contributed by atoms with Crippen LogP contribution in [0, 0.1) is 6.92 Å². The maximum Gasteiger partial charge on any atom is 0.284 e. The number of aryl methyl sites for hydroxylation is 1. The van der Waals surface area contributed by atoms with E-state index in [4.69, 9.17) is 10.2 Å². The van der Waals surface area contributed by atoms with Gasteiger partial charge in [0.25, 0.3) is 21.8 Å². The number of rotatable bonds is 4. The number of sulfonamides is 1. The first-order valence-corrected chi connectivity index (χ1v) is 9.80. The van der Waals surface area contributed by atoms with Crippen molar-refractivity contribution >= 4 is 33.2 Å². The van der Waals surface area contributed by atoms with Crippen molar-refractivity contribution in [1.29, 1.82) is 0 Å². The van der Waals surface area contributed by atoms with E-state index in [1.54, 1.807) is 11.0 Å². The topological polar surface area (TPSA) is 114 Å². The molecule has 0 spiro atoms. The highest BCUT2D eigenvalue weighted by atomic mass is 32.2. The molecule has 1 aliphatic rings. The second kappa shape index (κ2) is 6.62. The maximum absolute atomic E-state index is 12.6. The molecule has 134 valence electrons. The van der Waals surface area contributed by atoms with Crippen LogP contribution in [0.25, 0.3) is 0 Å². The lowest BCUT2D eigenvalue weighted by Gasteiger charge is -2.33. The molecule has 0 saturated carbocycles. The van der Waals surface area contributed by atoms with Crippen LogP contribution in [0.2, 0.25) is 0 Å². The summed E-state index contributed by atoms with van der Waals surface area (Å²) in [7, 11) is -3.86. The molecule has 0 radical (unpaired) electrons. The summed E-state index contributed by atoms with van der Waals surface area (Å²) < 4.78 is 31.4. The third-order valence-corrected chi connectivity index (χ3v) is 6.66. The highest BCUT2D eigenvalue weighted by Crippen LogP contribution is 2.22. The Morgan fingerprint density at radius 3 is 2.32 bits per heavy atom. The molecule has 0 unspecified atom stereocenters. The zero-order valence-electron chi connectivity index (χ0n) is 13.5. The van der Waals surface area contributed by atoms with Gasteiger partial charge in [0.05, 0.1) is 4.88 Å². The maximum atomic E-state index is 12.6. The van der Waals surface area contributed by atoms with Crippen LogP contribution in [0.15, 0.2) is 33.8 Å². The highest BCUT2D eigenvalue weighted by Gasteiger charge is 2.33. The van der Waals surface area contributed by atoms with Crippen molar-refractivity contribution in [2.45, 2.75) is 12.0 Å². The highest BCUT2D eigenvalue weighted by molar-refractivity contribution is 7.89. The fourth-order valence-corrected chi connectivity index (χ4v) is 4.72. The number of carbonyl (C=O) groups is 2. The van der Waals surface area contributed by atoms with Gasteiger partial charge >= 0.3 is 0 Å². The zero-order valence-corrected chi connectivity index (χ0v) is 15.1. The third kappa shape index (κ3) is 3.46. The van der Waals surface area contributed by atoms with Gasteiger partial charge in [0.15, 0.2) is 5.76 Å². The van der Waals surface area contributed by atoms with Crippen molar-refractivity contribution in [3.63, 3.8) is 0 Å². The van der Waals surface area contributed by atoms with Gasteiger partial charge in [-0.2, -0.15) is 4.31 Å². The van der Waals surface area contributed by atoms with Crippen LogP contribution in [0.1, 0.15) is 25.1 Å². The van der Waals surface area contributed by atoms with E-state index in [0.717, 1.165) is 4.88 Å². The molecular formula is C15H17N3O5S2. The molecule has 0 aromatic carbocycles. The Morgan fingerprint density at radius 2 is 1.80 bits per heavy atom. The molecule has 1 saturated heterocycles. The lowest BCUT2D eigenvalue weighted by Crippen LogP contribution is -2.50. The Kier molecular flexibility index (Phi) is 4.67. The summed E-state index contributed by atoms with van der Waals surface area (Å²) in [5.41, 5.74) is 5.07. The van der Waals surface area contributed by atoms with Gasteiger partial charge in [-0.3, -0.25) is 9.59 Å². The molecule has 0 bridgehead atoms. The van der Waals surface area contributed by atoms with Crippen molar-refractivity contribution in [3.8, 4) is 0 Å². The van der Waals surface area contributed by atoms with Crippen molar-refractivity contribution in [2.24, 2.45) is 5.73 Å². The van der Waals surface area contributed by atoms with E-state index in [-0.39, 0.29) is 29.8 Å². The van der Waals surface area contributed by atoms with Gasteiger partial charge in [-0.15, -0.1) is 11.3 Å². The average Bonchev–Trinajstić information content (AvgIpc) is 3.24. The van der Waals surface area contributed by atoms with Crippen molar-refractivity contribution < 1.29 is 22.4 Å². The fraction of sp³-hybridized carbons (Fsp3) is 0.333. The summed E-state index contributed by atoms with van der Waals surface area (Å²) in [6.45, 7) is 2.82. The number of carbonyl (C=O) groups excluding carboxylic acids is 2. The van der Waals surface area contributed by atoms with Crippen molar-refractivity contribution in [2.75, 3.05) is 26.2 Å². The number of primary amides is 1. The van der Waals surface area contributed by atoms with Gasteiger partial charge < -0.3 is 15.1 Å². The molecule has 10 heteroatoms. The predicted molar refractivity (Wildman–Crippen MR) is 90.9 cm³/mol. The van der Waals surface area contributed by atoms with E-state index in [9.17, 15) is 18.0 Å². The van der Waals surface area contributed by atoms with Crippen LogP contribution < -0.4 is 5.73 Å². The van der Waals surface area contributed by atoms with Gasteiger partial charge in [0.1, 0.15) is 0 Å². The summed E-state index contributed by atoms with van der Waals surface area (Å²) >= 11 is 1.42. The molecule has 2 aromatic rings. The monoisotopic (exact) mass is 383 g/mol. The molecule has 3 heterocycles. The van der Waals surface area contributed by atoms with Crippen LogP contribution >= 0.6 is 11.3 Å². The predicted octanol–water partition coefficient (Wildman–Crippen LogP) is 0.895. The smallest absolute Gasteiger partial charge is 0.284 e. The van der Waals surface area contributed by atoms with Gasteiger partial charge in [-0.05, 0) is 31.2 Å². The van der Waals surface area contributed by atoms with Crippen LogP contribution in [-0.4, -0.2) is 55.6 Å². The van der Waals surface area contributed by atoms with E-state index in [0.29, 0.717) is 18.0 Å². The molecule has 1 aliphatic heterocycles. The van der Waals surface area contributed by atoms with Crippen LogP contribution in [0.3, 0.4) is 0 Å². The van der Waals surface area contributed by atoms with E-state index in [1.807, 2.05) is 13.0 Å². The summed E-state index contributed by atoms with van der Waals surface area (Å²) in [6, 6.07) is 6.10. The van der Waals surface area contributed by atoms with E-state index < -0.39 is 15.9 Å². The summed E-state index contributed by atoms with van der Waals surface area (Å²) in [5.74, 6) is -1.13.